The summed E-state index contributed by atoms with van der Waals surface area (Å²) >= 11 is 4.80. The molecule has 0 aliphatic rings. The van der Waals surface area contributed by atoms with E-state index in [9.17, 15) is 21.6 Å². The average molecular weight is 340 g/mol. The zero-order valence-electron chi connectivity index (χ0n) is 11.4. The molecular formula is C12H15F3N2O2S2. The Bertz CT molecular complexity index is 640. The van der Waals surface area contributed by atoms with Gasteiger partial charge in [-0.1, -0.05) is 32.1 Å². The second kappa shape index (κ2) is 5.90. The standard InChI is InChI=1S/C12H15F3N2O2S2/c1-11(2,10(16)20)7-17-21(18,19)9-5-3-4-8(6-9)12(13,14)15/h3-6,17H,7H2,1-2H3,(H2,16,20). The van der Waals surface area contributed by atoms with E-state index in [1.165, 1.54) is 0 Å². The fourth-order valence-electron chi connectivity index (χ4n) is 1.29. The molecule has 1 aromatic rings. The minimum Gasteiger partial charge on any atom is -0.393 e. The number of sulfonamides is 1. The molecule has 0 aromatic heterocycles. The van der Waals surface area contributed by atoms with E-state index in [4.69, 9.17) is 18.0 Å². The van der Waals surface area contributed by atoms with Crippen molar-refractivity contribution in [1.82, 2.24) is 4.72 Å². The first kappa shape index (κ1) is 17.9. The van der Waals surface area contributed by atoms with Crippen LogP contribution >= 0.6 is 12.2 Å². The van der Waals surface area contributed by atoms with Gasteiger partial charge >= 0.3 is 6.18 Å². The average Bonchev–Trinajstić information content (AvgIpc) is 2.36. The summed E-state index contributed by atoms with van der Waals surface area (Å²) < 4.78 is 64.0. The first-order valence-corrected chi connectivity index (χ1v) is 7.72. The van der Waals surface area contributed by atoms with Crippen molar-refractivity contribution in [2.45, 2.75) is 24.9 Å². The van der Waals surface area contributed by atoms with E-state index in [-0.39, 0.29) is 11.5 Å². The van der Waals surface area contributed by atoms with Crippen molar-refractivity contribution < 1.29 is 21.6 Å². The molecule has 0 bridgehead atoms. The van der Waals surface area contributed by atoms with E-state index in [0.717, 1.165) is 18.2 Å². The van der Waals surface area contributed by atoms with Gasteiger partial charge in [0.05, 0.1) is 15.4 Å². The van der Waals surface area contributed by atoms with E-state index >= 15 is 0 Å². The van der Waals surface area contributed by atoms with Crippen molar-refractivity contribution >= 4 is 27.2 Å². The number of hydrogen-bond acceptors (Lipinski definition) is 3. The highest BCUT2D eigenvalue weighted by molar-refractivity contribution is 7.89. The lowest BCUT2D eigenvalue weighted by molar-refractivity contribution is -0.137. The van der Waals surface area contributed by atoms with Crippen molar-refractivity contribution in [1.29, 1.82) is 0 Å². The Kier molecular flexibility index (Phi) is 5.01. The maximum atomic E-state index is 12.6. The van der Waals surface area contributed by atoms with Crippen LogP contribution in [0.2, 0.25) is 0 Å². The molecule has 1 rings (SSSR count). The number of nitrogens with one attached hydrogen (secondary N) is 1. The van der Waals surface area contributed by atoms with Gasteiger partial charge in [-0.3, -0.25) is 0 Å². The molecule has 0 aliphatic carbocycles. The number of rotatable bonds is 5. The van der Waals surface area contributed by atoms with Crippen LogP contribution in [0.15, 0.2) is 29.2 Å². The SMILES string of the molecule is CC(C)(CNS(=O)(=O)c1cccc(C(F)(F)F)c1)C(N)=S. The fourth-order valence-corrected chi connectivity index (χ4v) is 2.61. The van der Waals surface area contributed by atoms with Gasteiger partial charge in [0.15, 0.2) is 0 Å². The number of nitrogens with two attached hydrogens (primary N) is 1. The van der Waals surface area contributed by atoms with E-state index in [1.54, 1.807) is 13.8 Å². The number of thiocarbonyl (C=S) groups is 1. The van der Waals surface area contributed by atoms with Gasteiger partial charge in [0.25, 0.3) is 0 Å². The number of benzene rings is 1. The van der Waals surface area contributed by atoms with Gasteiger partial charge in [-0.15, -0.1) is 0 Å². The van der Waals surface area contributed by atoms with Crippen molar-refractivity contribution in [3.8, 4) is 0 Å². The summed E-state index contributed by atoms with van der Waals surface area (Å²) in [6, 6.07) is 3.51. The zero-order valence-corrected chi connectivity index (χ0v) is 13.0. The van der Waals surface area contributed by atoms with Crippen molar-refractivity contribution in [3.05, 3.63) is 29.8 Å². The lowest BCUT2D eigenvalue weighted by Crippen LogP contribution is -2.41. The highest BCUT2D eigenvalue weighted by Crippen LogP contribution is 2.30. The Balaban J connectivity index is 3.02. The molecule has 4 nitrogen and oxygen atoms in total. The molecular weight excluding hydrogens is 325 g/mol. The molecule has 0 heterocycles. The highest BCUT2D eigenvalue weighted by atomic mass is 32.2. The van der Waals surface area contributed by atoms with Gasteiger partial charge in [0.1, 0.15) is 0 Å². The van der Waals surface area contributed by atoms with Crippen LogP contribution in [0, 0.1) is 5.41 Å². The summed E-state index contributed by atoms with van der Waals surface area (Å²) in [5.74, 6) is 0. The molecule has 0 atom stereocenters. The fraction of sp³-hybridized carbons (Fsp3) is 0.417. The molecule has 0 spiro atoms. The summed E-state index contributed by atoms with van der Waals surface area (Å²) in [4.78, 5) is -0.356. The molecule has 0 saturated heterocycles. The van der Waals surface area contributed by atoms with Gasteiger partial charge in [-0.25, -0.2) is 13.1 Å². The maximum absolute atomic E-state index is 12.6. The second-order valence-corrected chi connectivity index (χ2v) is 7.31. The van der Waals surface area contributed by atoms with E-state index < -0.39 is 32.1 Å². The van der Waals surface area contributed by atoms with Crippen molar-refractivity contribution in [2.75, 3.05) is 6.54 Å². The summed E-state index contributed by atoms with van der Waals surface area (Å²) in [6.45, 7) is 3.15. The number of hydrogen-bond donors (Lipinski definition) is 2. The molecule has 118 valence electrons. The van der Waals surface area contributed by atoms with E-state index in [1.807, 2.05) is 0 Å². The normalized spacial score (nSPS) is 13.2. The monoisotopic (exact) mass is 340 g/mol. The summed E-state index contributed by atoms with van der Waals surface area (Å²) in [6.07, 6.45) is -4.61. The maximum Gasteiger partial charge on any atom is 0.416 e. The smallest absolute Gasteiger partial charge is 0.393 e. The van der Waals surface area contributed by atoms with Gasteiger partial charge in [0.2, 0.25) is 10.0 Å². The molecule has 0 fully saturated rings. The molecule has 0 saturated carbocycles. The third-order valence-electron chi connectivity index (χ3n) is 2.84. The van der Waals surface area contributed by atoms with Crippen LogP contribution in [0.1, 0.15) is 19.4 Å². The van der Waals surface area contributed by atoms with Gasteiger partial charge in [-0.2, -0.15) is 13.2 Å². The summed E-state index contributed by atoms with van der Waals surface area (Å²) in [7, 11) is -4.07. The number of halogens is 3. The van der Waals surface area contributed by atoms with E-state index in [0.29, 0.717) is 6.07 Å². The quantitative estimate of drug-likeness (QED) is 0.807. The Morgan fingerprint density at radius 1 is 1.33 bits per heavy atom. The van der Waals surface area contributed by atoms with Crippen LogP contribution < -0.4 is 10.5 Å². The third-order valence-corrected chi connectivity index (χ3v) is 4.79. The molecule has 3 N–H and O–H groups in total. The van der Waals surface area contributed by atoms with Gasteiger partial charge < -0.3 is 5.73 Å². The molecule has 0 aliphatic heterocycles. The Morgan fingerprint density at radius 2 is 1.90 bits per heavy atom. The first-order chi connectivity index (χ1) is 9.36. The summed E-state index contributed by atoms with van der Waals surface area (Å²) in [5, 5.41) is 0. The Hall–Kier alpha value is -1.19. The van der Waals surface area contributed by atoms with Crippen LogP contribution in [0.3, 0.4) is 0 Å². The van der Waals surface area contributed by atoms with Crippen LogP contribution in [-0.2, 0) is 16.2 Å². The predicted octanol–water partition coefficient (Wildman–Crippen LogP) is 2.30. The lowest BCUT2D eigenvalue weighted by atomic mass is 9.94. The van der Waals surface area contributed by atoms with Crippen molar-refractivity contribution in [3.63, 3.8) is 0 Å². The predicted molar refractivity (Wildman–Crippen MR) is 77.2 cm³/mol. The number of alkyl halides is 3. The second-order valence-electron chi connectivity index (χ2n) is 5.10. The third kappa shape index (κ3) is 4.65. The molecule has 0 amide bonds. The topological polar surface area (TPSA) is 72.2 Å². The Labute approximate surface area is 126 Å². The van der Waals surface area contributed by atoms with Crippen LogP contribution in [0.5, 0.6) is 0 Å². The van der Waals surface area contributed by atoms with Crippen LogP contribution in [0.4, 0.5) is 13.2 Å². The van der Waals surface area contributed by atoms with Crippen LogP contribution in [-0.4, -0.2) is 20.0 Å². The highest BCUT2D eigenvalue weighted by Gasteiger charge is 2.32. The van der Waals surface area contributed by atoms with Gasteiger partial charge in [-0.05, 0) is 18.2 Å². The lowest BCUT2D eigenvalue weighted by Gasteiger charge is -2.23. The minimum atomic E-state index is -4.61. The van der Waals surface area contributed by atoms with E-state index in [2.05, 4.69) is 4.72 Å². The molecule has 9 heteroatoms. The molecule has 1 aromatic carbocycles. The zero-order chi connectivity index (χ0) is 16.5. The van der Waals surface area contributed by atoms with Crippen molar-refractivity contribution in [2.24, 2.45) is 11.1 Å². The largest absolute Gasteiger partial charge is 0.416 e. The molecule has 0 radical (unpaired) electrons. The Morgan fingerprint density at radius 3 is 2.38 bits per heavy atom. The minimum absolute atomic E-state index is 0.106. The first-order valence-electron chi connectivity index (χ1n) is 5.83. The van der Waals surface area contributed by atoms with Crippen LogP contribution in [0.25, 0.3) is 0 Å². The summed E-state index contributed by atoms with van der Waals surface area (Å²) in [5.41, 5.74) is 3.65. The molecule has 21 heavy (non-hydrogen) atoms. The van der Waals surface area contributed by atoms with Gasteiger partial charge in [0, 0.05) is 12.0 Å². The molecule has 0 unspecified atom stereocenters.